The van der Waals surface area contributed by atoms with E-state index in [0.29, 0.717) is 0 Å². The van der Waals surface area contributed by atoms with Crippen LogP contribution in [0.25, 0.3) is 0 Å². The van der Waals surface area contributed by atoms with Crippen LogP contribution in [0.4, 0.5) is 17.1 Å². The monoisotopic (exact) mass is 335 g/mol. The van der Waals surface area contributed by atoms with Gasteiger partial charge in [-0.1, -0.05) is 36.4 Å². The van der Waals surface area contributed by atoms with Gasteiger partial charge in [-0.05, 0) is 53.1 Å². The van der Waals surface area contributed by atoms with E-state index in [2.05, 4.69) is 0 Å². The number of hydrogen-bond donors (Lipinski definition) is 3. The maximum atomic E-state index is 9.46. The van der Waals surface area contributed by atoms with E-state index in [4.69, 9.17) is 0 Å². The van der Waals surface area contributed by atoms with Crippen LogP contribution >= 0.6 is 0 Å². The lowest BCUT2D eigenvalue weighted by atomic mass is 10.1. The molecule has 0 bridgehead atoms. The number of hydrogen-bond acceptors (Lipinski definition) is 4. The van der Waals surface area contributed by atoms with E-state index < -0.39 is 0 Å². The topological polar surface area (TPSA) is 63.9 Å². The highest BCUT2D eigenvalue weighted by Gasteiger charge is 2.13. The fourth-order valence-corrected chi connectivity index (χ4v) is 2.83. The van der Waals surface area contributed by atoms with Crippen molar-refractivity contribution >= 4 is 17.1 Å². The van der Waals surface area contributed by atoms with Gasteiger partial charge in [-0.2, -0.15) is 0 Å². The second-order valence-corrected chi connectivity index (χ2v) is 5.82. The second kappa shape index (κ2) is 7.94. The zero-order valence-electron chi connectivity index (χ0n) is 13.8. The molecule has 0 fully saturated rings. The van der Waals surface area contributed by atoms with Gasteiger partial charge in [0.25, 0.3) is 0 Å². The molecule has 0 aliphatic heterocycles. The highest BCUT2D eigenvalue weighted by molar-refractivity contribution is 5.77. The van der Waals surface area contributed by atoms with Gasteiger partial charge in [-0.15, -0.1) is 0 Å². The molecule has 0 radical (unpaired) electrons. The van der Waals surface area contributed by atoms with Crippen molar-refractivity contribution < 1.29 is 15.3 Å². The minimum absolute atomic E-state index is 0.0327. The molecule has 0 aliphatic rings. The molecule has 0 aliphatic carbocycles. The van der Waals surface area contributed by atoms with E-state index in [-0.39, 0.29) is 19.8 Å². The summed E-state index contributed by atoms with van der Waals surface area (Å²) in [4.78, 5) is 2.04. The fraction of sp³-hybridized carbons (Fsp3) is 0.143. The third-order valence-corrected chi connectivity index (χ3v) is 4.05. The van der Waals surface area contributed by atoms with E-state index >= 15 is 0 Å². The Labute approximate surface area is 147 Å². The summed E-state index contributed by atoms with van der Waals surface area (Å²) in [5, 5.41) is 28.4. The number of aliphatic hydroxyl groups is 3. The normalized spacial score (nSPS) is 10.7. The SMILES string of the molecule is OCc1cccc(N(c2cccc(CO)c2)c2cccc(CO)c2)c1. The molecule has 0 aromatic heterocycles. The first-order chi connectivity index (χ1) is 12.2. The average molecular weight is 335 g/mol. The standard InChI is InChI=1S/C21H21NO3/c23-13-16-4-1-7-19(10-16)22(20-8-2-5-17(11-20)14-24)21-9-3-6-18(12-21)15-25/h1-12,23-25H,13-15H2. The molecule has 3 rings (SSSR count). The van der Waals surface area contributed by atoms with Crippen molar-refractivity contribution in [2.45, 2.75) is 19.8 Å². The molecule has 3 N–H and O–H groups in total. The molecule has 128 valence electrons. The largest absolute Gasteiger partial charge is 0.392 e. The van der Waals surface area contributed by atoms with Crippen molar-refractivity contribution in [3.8, 4) is 0 Å². The number of aliphatic hydroxyl groups excluding tert-OH is 3. The second-order valence-electron chi connectivity index (χ2n) is 5.82. The Balaban J connectivity index is 2.16. The molecule has 0 unspecified atom stereocenters. The van der Waals surface area contributed by atoms with E-state index in [1.54, 1.807) is 0 Å². The van der Waals surface area contributed by atoms with Gasteiger partial charge in [-0.3, -0.25) is 0 Å². The Bertz CT molecular complexity index is 735. The lowest BCUT2D eigenvalue weighted by molar-refractivity contribution is 0.282. The van der Waals surface area contributed by atoms with Gasteiger partial charge in [-0.25, -0.2) is 0 Å². The van der Waals surface area contributed by atoms with Crippen LogP contribution in [0.3, 0.4) is 0 Å². The van der Waals surface area contributed by atoms with Gasteiger partial charge in [0.15, 0.2) is 0 Å². The zero-order valence-corrected chi connectivity index (χ0v) is 13.8. The predicted molar refractivity (Wildman–Crippen MR) is 98.9 cm³/mol. The molecular weight excluding hydrogens is 314 g/mol. The zero-order chi connectivity index (χ0) is 17.6. The van der Waals surface area contributed by atoms with Crippen molar-refractivity contribution in [3.63, 3.8) is 0 Å². The fourth-order valence-electron chi connectivity index (χ4n) is 2.83. The molecule has 3 aromatic rings. The Hall–Kier alpha value is -2.66. The van der Waals surface area contributed by atoms with E-state index in [1.807, 2.05) is 77.7 Å². The number of anilines is 3. The highest BCUT2D eigenvalue weighted by Crippen LogP contribution is 2.35. The van der Waals surface area contributed by atoms with Crippen LogP contribution in [0, 0.1) is 0 Å². The van der Waals surface area contributed by atoms with Crippen molar-refractivity contribution in [3.05, 3.63) is 89.5 Å². The van der Waals surface area contributed by atoms with Crippen LogP contribution < -0.4 is 4.90 Å². The smallest absolute Gasteiger partial charge is 0.0682 e. The molecule has 0 saturated carbocycles. The first-order valence-electron chi connectivity index (χ1n) is 8.14. The van der Waals surface area contributed by atoms with Crippen molar-refractivity contribution in [1.82, 2.24) is 0 Å². The molecule has 0 amide bonds. The summed E-state index contributed by atoms with van der Waals surface area (Å²) in [5.74, 6) is 0. The Morgan fingerprint density at radius 2 is 0.840 bits per heavy atom. The first kappa shape index (κ1) is 17.2. The number of rotatable bonds is 6. The maximum Gasteiger partial charge on any atom is 0.0682 e. The van der Waals surface area contributed by atoms with E-state index in [9.17, 15) is 15.3 Å². The Morgan fingerprint density at radius 1 is 0.520 bits per heavy atom. The summed E-state index contributed by atoms with van der Waals surface area (Å²) in [5.41, 5.74) is 5.16. The molecule has 4 nitrogen and oxygen atoms in total. The molecule has 0 heterocycles. The Kier molecular flexibility index (Phi) is 5.46. The minimum atomic E-state index is -0.0327. The van der Waals surface area contributed by atoms with Crippen LogP contribution in [-0.4, -0.2) is 15.3 Å². The van der Waals surface area contributed by atoms with Crippen LogP contribution in [0.1, 0.15) is 16.7 Å². The number of nitrogens with zero attached hydrogens (tertiary/aromatic N) is 1. The van der Waals surface area contributed by atoms with Crippen LogP contribution in [0.5, 0.6) is 0 Å². The molecule has 0 saturated heterocycles. The average Bonchev–Trinajstić information content (AvgIpc) is 2.68. The van der Waals surface area contributed by atoms with Crippen LogP contribution in [-0.2, 0) is 19.8 Å². The van der Waals surface area contributed by atoms with Crippen LogP contribution in [0.2, 0.25) is 0 Å². The highest BCUT2D eigenvalue weighted by atomic mass is 16.3. The summed E-state index contributed by atoms with van der Waals surface area (Å²) >= 11 is 0. The summed E-state index contributed by atoms with van der Waals surface area (Å²) in [7, 11) is 0. The van der Waals surface area contributed by atoms with Gasteiger partial charge in [0.05, 0.1) is 19.8 Å². The molecule has 25 heavy (non-hydrogen) atoms. The maximum absolute atomic E-state index is 9.46. The molecule has 0 atom stereocenters. The predicted octanol–water partition coefficient (Wildman–Crippen LogP) is 3.63. The third kappa shape index (κ3) is 3.88. The minimum Gasteiger partial charge on any atom is -0.392 e. The first-order valence-corrected chi connectivity index (χ1v) is 8.14. The summed E-state index contributed by atoms with van der Waals surface area (Å²) in [6.45, 7) is -0.0981. The summed E-state index contributed by atoms with van der Waals surface area (Å²) < 4.78 is 0. The van der Waals surface area contributed by atoms with Gasteiger partial charge >= 0.3 is 0 Å². The van der Waals surface area contributed by atoms with Crippen molar-refractivity contribution in [2.75, 3.05) is 4.90 Å². The number of benzene rings is 3. The third-order valence-electron chi connectivity index (χ3n) is 4.05. The van der Waals surface area contributed by atoms with Gasteiger partial charge in [0, 0.05) is 17.1 Å². The summed E-state index contributed by atoms with van der Waals surface area (Å²) in [6, 6.07) is 23.0. The molecule has 3 aromatic carbocycles. The summed E-state index contributed by atoms with van der Waals surface area (Å²) in [6.07, 6.45) is 0. The van der Waals surface area contributed by atoms with E-state index in [0.717, 1.165) is 33.8 Å². The van der Waals surface area contributed by atoms with Gasteiger partial charge in [0.1, 0.15) is 0 Å². The van der Waals surface area contributed by atoms with Crippen molar-refractivity contribution in [1.29, 1.82) is 0 Å². The molecule has 4 heteroatoms. The Morgan fingerprint density at radius 3 is 1.12 bits per heavy atom. The van der Waals surface area contributed by atoms with E-state index in [1.165, 1.54) is 0 Å². The molecular formula is C21H21NO3. The van der Waals surface area contributed by atoms with Crippen molar-refractivity contribution in [2.24, 2.45) is 0 Å². The molecule has 0 spiro atoms. The van der Waals surface area contributed by atoms with Gasteiger partial charge in [0.2, 0.25) is 0 Å². The quantitative estimate of drug-likeness (QED) is 0.644. The lowest BCUT2D eigenvalue weighted by Crippen LogP contribution is -2.11. The lowest BCUT2D eigenvalue weighted by Gasteiger charge is -2.26. The van der Waals surface area contributed by atoms with Crippen LogP contribution in [0.15, 0.2) is 72.8 Å². The van der Waals surface area contributed by atoms with Gasteiger partial charge < -0.3 is 20.2 Å².